The highest BCUT2D eigenvalue weighted by Gasteiger charge is 2.42. The Morgan fingerprint density at radius 2 is 1.45 bits per heavy atom. The number of hydrogen-bond acceptors (Lipinski definition) is 4. The summed E-state index contributed by atoms with van der Waals surface area (Å²) < 4.78 is 1.29. The first-order valence-electron chi connectivity index (χ1n) is 13.3. The molecule has 1 heterocycles. The summed E-state index contributed by atoms with van der Waals surface area (Å²) in [6, 6.07) is 23.5. The minimum Gasteiger partial charge on any atom is -0.477 e. The Balaban J connectivity index is 1.62. The zero-order chi connectivity index (χ0) is 26.7. The Hall–Kier alpha value is -3.20. The first-order chi connectivity index (χ1) is 18.5. The lowest BCUT2D eigenvalue weighted by Gasteiger charge is -2.33. The lowest BCUT2D eigenvalue weighted by Crippen LogP contribution is -2.25. The van der Waals surface area contributed by atoms with E-state index < -0.39 is 5.97 Å². The highest BCUT2D eigenvalue weighted by atomic mass is 32.2. The standard InChI is InChI=1S/C33H31NO2S2/c1-3-5-15-33(16-6-4-2)27-18-22(17-24(21-34)32(35)36)11-13-25(27)26-14-12-23(19-28(26)33)20-31-37-29-9-7-8-10-30(29)38-31/h7-14,17-20H,3-6,15-16H2,1-2H3,(H,35,36)/b24-17-. The van der Waals surface area contributed by atoms with E-state index in [0.29, 0.717) is 0 Å². The molecular formula is C33H31NO2S2. The fourth-order valence-electron chi connectivity index (χ4n) is 5.69. The van der Waals surface area contributed by atoms with E-state index in [1.807, 2.05) is 35.7 Å². The van der Waals surface area contributed by atoms with Crippen LogP contribution in [0.2, 0.25) is 0 Å². The van der Waals surface area contributed by atoms with E-state index in [2.05, 4.69) is 74.5 Å². The lowest BCUT2D eigenvalue weighted by molar-refractivity contribution is -0.132. The summed E-state index contributed by atoms with van der Waals surface area (Å²) in [6.45, 7) is 4.48. The summed E-state index contributed by atoms with van der Waals surface area (Å²) in [4.78, 5) is 14.1. The van der Waals surface area contributed by atoms with Gasteiger partial charge in [-0.2, -0.15) is 5.26 Å². The van der Waals surface area contributed by atoms with E-state index in [0.717, 1.165) is 44.1 Å². The number of thioether (sulfide) groups is 2. The Morgan fingerprint density at radius 3 is 1.97 bits per heavy atom. The molecule has 0 bridgehead atoms. The fourth-order valence-corrected chi connectivity index (χ4v) is 8.10. The summed E-state index contributed by atoms with van der Waals surface area (Å²) in [7, 11) is 0. The van der Waals surface area contributed by atoms with Crippen LogP contribution >= 0.6 is 23.5 Å². The van der Waals surface area contributed by atoms with Gasteiger partial charge in [0.05, 0.1) is 4.24 Å². The van der Waals surface area contributed by atoms with E-state index >= 15 is 0 Å². The number of fused-ring (bicyclic) bond motifs is 4. The molecule has 0 spiro atoms. The first-order valence-corrected chi connectivity index (χ1v) is 14.9. The van der Waals surface area contributed by atoms with Gasteiger partial charge in [0.2, 0.25) is 0 Å². The SMILES string of the molecule is CCCCC1(CCCC)c2cc(C=C3Sc4ccccc4S3)ccc2-c2ccc(/C=C(/C#N)C(=O)O)cc21. The maximum atomic E-state index is 11.5. The first kappa shape index (κ1) is 26.4. The molecule has 5 rings (SSSR count). The average Bonchev–Trinajstić information content (AvgIpc) is 3.45. The van der Waals surface area contributed by atoms with Crippen LogP contribution in [0.3, 0.4) is 0 Å². The number of nitriles is 1. The third-order valence-electron chi connectivity index (χ3n) is 7.54. The van der Waals surface area contributed by atoms with Gasteiger partial charge in [0, 0.05) is 15.2 Å². The molecule has 3 aromatic rings. The van der Waals surface area contributed by atoms with Crippen LogP contribution in [-0.2, 0) is 10.2 Å². The van der Waals surface area contributed by atoms with Gasteiger partial charge in [0.15, 0.2) is 0 Å². The molecule has 0 saturated heterocycles. The Bertz CT molecular complexity index is 1460. The maximum Gasteiger partial charge on any atom is 0.346 e. The van der Waals surface area contributed by atoms with E-state index in [4.69, 9.17) is 0 Å². The van der Waals surface area contributed by atoms with Crippen LogP contribution in [0.5, 0.6) is 0 Å². The minimum absolute atomic E-state index is 0.121. The number of benzene rings is 3. The number of unbranched alkanes of at least 4 members (excludes halogenated alkanes) is 2. The fraction of sp³-hybridized carbons (Fsp3) is 0.273. The summed E-state index contributed by atoms with van der Waals surface area (Å²) in [5.74, 6) is -1.19. The van der Waals surface area contributed by atoms with Gasteiger partial charge < -0.3 is 5.11 Å². The van der Waals surface area contributed by atoms with Gasteiger partial charge in [0.25, 0.3) is 0 Å². The second kappa shape index (κ2) is 11.3. The molecule has 0 amide bonds. The topological polar surface area (TPSA) is 61.1 Å². The Morgan fingerprint density at radius 1 is 0.895 bits per heavy atom. The molecule has 3 nitrogen and oxygen atoms in total. The van der Waals surface area contributed by atoms with Crippen LogP contribution in [0.25, 0.3) is 23.3 Å². The number of aliphatic carboxylic acids is 1. The molecule has 0 fully saturated rings. The predicted molar refractivity (Wildman–Crippen MR) is 159 cm³/mol. The van der Waals surface area contributed by atoms with Gasteiger partial charge in [-0.15, -0.1) is 0 Å². The molecule has 0 aromatic heterocycles. The molecule has 192 valence electrons. The second-order valence-electron chi connectivity index (χ2n) is 9.99. The van der Waals surface area contributed by atoms with Crippen LogP contribution in [0.15, 0.2) is 80.3 Å². The summed E-state index contributed by atoms with van der Waals surface area (Å²) in [5.41, 5.74) is 6.79. The van der Waals surface area contributed by atoms with Crippen molar-refractivity contribution in [1.82, 2.24) is 0 Å². The molecule has 2 aliphatic rings. The van der Waals surface area contributed by atoms with Crippen LogP contribution in [0.4, 0.5) is 0 Å². The van der Waals surface area contributed by atoms with Crippen LogP contribution < -0.4 is 0 Å². The highest BCUT2D eigenvalue weighted by molar-refractivity contribution is 8.24. The zero-order valence-corrected chi connectivity index (χ0v) is 23.4. The number of carboxylic acid groups (broad SMARTS) is 1. The number of rotatable bonds is 9. The number of carbonyl (C=O) groups is 1. The van der Waals surface area contributed by atoms with Gasteiger partial charge >= 0.3 is 5.97 Å². The van der Waals surface area contributed by atoms with Crippen molar-refractivity contribution in [2.45, 2.75) is 67.6 Å². The molecule has 5 heteroatoms. The molecule has 38 heavy (non-hydrogen) atoms. The lowest BCUT2D eigenvalue weighted by atomic mass is 9.70. The third kappa shape index (κ3) is 4.96. The van der Waals surface area contributed by atoms with Crippen LogP contribution in [0, 0.1) is 11.3 Å². The molecule has 0 radical (unpaired) electrons. The average molecular weight is 538 g/mol. The molecule has 1 N–H and O–H groups in total. The van der Waals surface area contributed by atoms with Gasteiger partial charge in [-0.1, -0.05) is 112 Å². The quantitative estimate of drug-likeness (QED) is 0.217. The molecule has 1 aliphatic carbocycles. The molecule has 0 unspecified atom stereocenters. The summed E-state index contributed by atoms with van der Waals surface area (Å²) >= 11 is 3.67. The van der Waals surface area contributed by atoms with Crippen LogP contribution in [0.1, 0.15) is 74.6 Å². The molecular weight excluding hydrogens is 507 g/mol. The number of nitrogens with zero attached hydrogens (tertiary/aromatic N) is 1. The highest BCUT2D eigenvalue weighted by Crippen LogP contribution is 2.55. The van der Waals surface area contributed by atoms with Crippen molar-refractivity contribution in [2.24, 2.45) is 0 Å². The van der Waals surface area contributed by atoms with Crippen molar-refractivity contribution in [3.8, 4) is 17.2 Å². The molecule has 0 atom stereocenters. The minimum atomic E-state index is -1.19. The smallest absolute Gasteiger partial charge is 0.346 e. The number of hydrogen-bond donors (Lipinski definition) is 1. The van der Waals surface area contributed by atoms with Crippen molar-refractivity contribution >= 4 is 41.6 Å². The summed E-state index contributed by atoms with van der Waals surface area (Å²) in [6.07, 6.45) is 10.4. The van der Waals surface area contributed by atoms with Crippen molar-refractivity contribution in [2.75, 3.05) is 0 Å². The maximum absolute atomic E-state index is 11.5. The normalized spacial score (nSPS) is 15.0. The van der Waals surface area contributed by atoms with Crippen molar-refractivity contribution in [3.63, 3.8) is 0 Å². The Kier molecular flexibility index (Phi) is 7.83. The monoisotopic (exact) mass is 537 g/mol. The predicted octanol–water partition coefficient (Wildman–Crippen LogP) is 9.52. The molecule has 0 saturated carbocycles. The van der Waals surface area contributed by atoms with Crippen molar-refractivity contribution in [3.05, 3.63) is 92.7 Å². The van der Waals surface area contributed by atoms with Gasteiger partial charge in [-0.05, 0) is 70.5 Å². The van der Waals surface area contributed by atoms with Crippen molar-refractivity contribution < 1.29 is 9.90 Å². The number of carboxylic acids is 1. The van der Waals surface area contributed by atoms with Gasteiger partial charge in [-0.25, -0.2) is 4.79 Å². The molecule has 1 aliphatic heterocycles. The van der Waals surface area contributed by atoms with Gasteiger partial charge in [0.1, 0.15) is 11.6 Å². The summed E-state index contributed by atoms with van der Waals surface area (Å²) in [5, 5.41) is 18.7. The second-order valence-corrected chi connectivity index (χ2v) is 12.4. The van der Waals surface area contributed by atoms with Crippen molar-refractivity contribution in [1.29, 1.82) is 5.26 Å². The van der Waals surface area contributed by atoms with E-state index in [9.17, 15) is 15.2 Å². The molecule has 3 aromatic carbocycles. The van der Waals surface area contributed by atoms with Crippen LogP contribution in [-0.4, -0.2) is 11.1 Å². The zero-order valence-electron chi connectivity index (χ0n) is 21.8. The van der Waals surface area contributed by atoms with E-state index in [1.54, 1.807) is 0 Å². The Labute approximate surface area is 233 Å². The third-order valence-corrected chi connectivity index (χ3v) is 9.96. The van der Waals surface area contributed by atoms with Gasteiger partial charge in [-0.3, -0.25) is 0 Å². The largest absolute Gasteiger partial charge is 0.477 e. The van der Waals surface area contributed by atoms with E-state index in [1.165, 1.54) is 47.9 Å². The van der Waals surface area contributed by atoms with E-state index in [-0.39, 0.29) is 11.0 Å².